The minimum atomic E-state index is -0.0711. The molecule has 23 heavy (non-hydrogen) atoms. The first kappa shape index (κ1) is 15.4. The Kier molecular flexibility index (Phi) is 4.50. The Morgan fingerprint density at radius 1 is 1.48 bits per heavy atom. The smallest absolute Gasteiger partial charge is 0.241 e. The molecule has 0 fully saturated rings. The van der Waals surface area contributed by atoms with E-state index < -0.39 is 0 Å². The highest BCUT2D eigenvalue weighted by atomic mass is 16.5. The first-order chi connectivity index (χ1) is 11.1. The largest absolute Gasteiger partial charge is 0.493 e. The fourth-order valence-electron chi connectivity index (χ4n) is 2.88. The molecular formula is C17H22N4O2. The summed E-state index contributed by atoms with van der Waals surface area (Å²) in [6.45, 7) is 3.33. The van der Waals surface area contributed by atoms with Gasteiger partial charge < -0.3 is 15.8 Å². The maximum Gasteiger partial charge on any atom is 0.241 e. The molecule has 0 saturated heterocycles. The molecule has 0 aliphatic carbocycles. The standard InChI is InChI=1S/C17H22N4O2/c1-12-8-16(18)21(20-12)11-17(22)19-10-13-6-7-23-15-5-3-2-4-14(15)9-13/h2-5,8,13H,6-7,9-11,18H2,1H3,(H,19,22)/t13-/m1/s1. The van der Waals surface area contributed by atoms with E-state index in [0.717, 1.165) is 24.3 Å². The first-order valence-corrected chi connectivity index (χ1v) is 7.89. The van der Waals surface area contributed by atoms with Gasteiger partial charge in [0.2, 0.25) is 5.91 Å². The highest BCUT2D eigenvalue weighted by Crippen LogP contribution is 2.26. The van der Waals surface area contributed by atoms with Gasteiger partial charge in [0.05, 0.1) is 12.3 Å². The number of benzene rings is 1. The van der Waals surface area contributed by atoms with Crippen molar-refractivity contribution in [2.45, 2.75) is 26.3 Å². The summed E-state index contributed by atoms with van der Waals surface area (Å²) in [4.78, 5) is 12.1. The van der Waals surface area contributed by atoms with Crippen molar-refractivity contribution in [1.29, 1.82) is 0 Å². The SMILES string of the molecule is Cc1cc(N)n(CC(=O)NC[C@@H]2CCOc3ccccc3C2)n1. The lowest BCUT2D eigenvalue weighted by Crippen LogP contribution is -2.33. The number of aromatic nitrogens is 2. The van der Waals surface area contributed by atoms with Crippen molar-refractivity contribution in [2.75, 3.05) is 18.9 Å². The summed E-state index contributed by atoms with van der Waals surface area (Å²) in [5.41, 5.74) is 7.82. The molecule has 0 saturated carbocycles. The number of aryl methyl sites for hydroxylation is 1. The molecule has 122 valence electrons. The summed E-state index contributed by atoms with van der Waals surface area (Å²) < 4.78 is 7.28. The van der Waals surface area contributed by atoms with E-state index in [2.05, 4.69) is 16.5 Å². The van der Waals surface area contributed by atoms with Gasteiger partial charge >= 0.3 is 0 Å². The summed E-state index contributed by atoms with van der Waals surface area (Å²) in [5.74, 6) is 1.77. The zero-order valence-corrected chi connectivity index (χ0v) is 13.3. The van der Waals surface area contributed by atoms with Crippen LogP contribution >= 0.6 is 0 Å². The normalized spacial score (nSPS) is 17.0. The van der Waals surface area contributed by atoms with E-state index in [0.29, 0.717) is 24.9 Å². The number of fused-ring (bicyclic) bond motifs is 1. The summed E-state index contributed by atoms with van der Waals surface area (Å²) in [7, 11) is 0. The minimum absolute atomic E-state index is 0.0711. The maximum atomic E-state index is 12.1. The first-order valence-electron chi connectivity index (χ1n) is 7.89. The molecule has 1 aromatic carbocycles. The number of hydrogen-bond acceptors (Lipinski definition) is 4. The van der Waals surface area contributed by atoms with E-state index in [-0.39, 0.29) is 12.5 Å². The molecule has 0 radical (unpaired) electrons. The number of carbonyl (C=O) groups excluding carboxylic acids is 1. The van der Waals surface area contributed by atoms with Crippen molar-refractivity contribution in [2.24, 2.45) is 5.92 Å². The summed E-state index contributed by atoms with van der Waals surface area (Å²) in [6, 6.07) is 9.85. The number of anilines is 1. The Morgan fingerprint density at radius 2 is 2.30 bits per heavy atom. The van der Waals surface area contributed by atoms with Gasteiger partial charge in [-0.2, -0.15) is 5.10 Å². The van der Waals surface area contributed by atoms with Crippen LogP contribution in [0.5, 0.6) is 5.75 Å². The number of nitrogens with zero attached hydrogens (tertiary/aromatic N) is 2. The second kappa shape index (κ2) is 6.73. The average Bonchev–Trinajstić information content (AvgIpc) is 2.73. The average molecular weight is 314 g/mol. The van der Waals surface area contributed by atoms with Crippen molar-refractivity contribution < 1.29 is 9.53 Å². The molecule has 1 aliphatic heterocycles. The van der Waals surface area contributed by atoms with Crippen LogP contribution < -0.4 is 15.8 Å². The Balaban J connectivity index is 1.54. The molecule has 3 rings (SSSR count). The van der Waals surface area contributed by atoms with Gasteiger partial charge in [-0.05, 0) is 37.3 Å². The van der Waals surface area contributed by atoms with Gasteiger partial charge in [-0.3, -0.25) is 4.79 Å². The van der Waals surface area contributed by atoms with Crippen molar-refractivity contribution >= 4 is 11.7 Å². The fourth-order valence-corrected chi connectivity index (χ4v) is 2.88. The van der Waals surface area contributed by atoms with E-state index >= 15 is 0 Å². The predicted octanol–water partition coefficient (Wildman–Crippen LogP) is 1.53. The molecule has 6 heteroatoms. The predicted molar refractivity (Wildman–Crippen MR) is 88.1 cm³/mol. The van der Waals surface area contributed by atoms with Gasteiger partial charge in [-0.15, -0.1) is 0 Å². The topological polar surface area (TPSA) is 82.2 Å². The van der Waals surface area contributed by atoms with Crippen LogP contribution in [0.15, 0.2) is 30.3 Å². The molecule has 1 atom stereocenters. The van der Waals surface area contributed by atoms with Gasteiger partial charge in [-0.1, -0.05) is 18.2 Å². The van der Waals surface area contributed by atoms with Gasteiger partial charge in [0, 0.05) is 12.6 Å². The number of nitrogen functional groups attached to an aromatic ring is 1. The van der Waals surface area contributed by atoms with Crippen LogP contribution in [-0.2, 0) is 17.8 Å². The van der Waals surface area contributed by atoms with E-state index in [1.807, 2.05) is 25.1 Å². The second-order valence-electron chi connectivity index (χ2n) is 5.99. The number of nitrogens with two attached hydrogens (primary N) is 1. The van der Waals surface area contributed by atoms with Crippen LogP contribution in [-0.4, -0.2) is 28.8 Å². The molecule has 0 spiro atoms. The number of ether oxygens (including phenoxy) is 1. The second-order valence-corrected chi connectivity index (χ2v) is 5.99. The summed E-state index contributed by atoms with van der Waals surface area (Å²) in [5, 5.41) is 7.19. The number of carbonyl (C=O) groups is 1. The molecule has 2 aromatic rings. The van der Waals surface area contributed by atoms with Gasteiger partial charge in [0.1, 0.15) is 18.1 Å². The quantitative estimate of drug-likeness (QED) is 0.896. The Labute approximate surface area is 135 Å². The van der Waals surface area contributed by atoms with Crippen LogP contribution in [0.1, 0.15) is 17.7 Å². The van der Waals surface area contributed by atoms with Gasteiger partial charge in [-0.25, -0.2) is 4.68 Å². The Bertz CT molecular complexity index is 696. The van der Waals surface area contributed by atoms with Gasteiger partial charge in [0.15, 0.2) is 0 Å². The van der Waals surface area contributed by atoms with Crippen molar-refractivity contribution in [3.8, 4) is 5.75 Å². The Morgan fingerprint density at radius 3 is 3.09 bits per heavy atom. The molecular weight excluding hydrogens is 292 g/mol. The van der Waals surface area contributed by atoms with Crippen molar-refractivity contribution in [3.05, 3.63) is 41.6 Å². The number of para-hydroxylation sites is 1. The highest BCUT2D eigenvalue weighted by Gasteiger charge is 2.18. The third kappa shape index (κ3) is 3.83. The van der Waals surface area contributed by atoms with Crippen LogP contribution in [0.25, 0.3) is 0 Å². The van der Waals surface area contributed by atoms with Gasteiger partial charge in [0.25, 0.3) is 0 Å². The van der Waals surface area contributed by atoms with Crippen LogP contribution in [0, 0.1) is 12.8 Å². The molecule has 3 N–H and O–H groups in total. The number of hydrogen-bond donors (Lipinski definition) is 2. The van der Waals surface area contributed by atoms with E-state index in [4.69, 9.17) is 10.5 Å². The summed E-state index contributed by atoms with van der Waals surface area (Å²) >= 11 is 0. The lowest BCUT2D eigenvalue weighted by atomic mass is 9.97. The fraction of sp³-hybridized carbons (Fsp3) is 0.412. The monoisotopic (exact) mass is 314 g/mol. The van der Waals surface area contributed by atoms with E-state index in [1.54, 1.807) is 6.07 Å². The van der Waals surface area contributed by atoms with E-state index in [1.165, 1.54) is 10.2 Å². The molecule has 2 heterocycles. The summed E-state index contributed by atoms with van der Waals surface area (Å²) in [6.07, 6.45) is 1.84. The third-order valence-electron chi connectivity index (χ3n) is 4.08. The highest BCUT2D eigenvalue weighted by molar-refractivity contribution is 5.76. The molecule has 6 nitrogen and oxygen atoms in total. The third-order valence-corrected chi connectivity index (χ3v) is 4.08. The number of nitrogens with one attached hydrogen (secondary N) is 1. The number of rotatable bonds is 4. The van der Waals surface area contributed by atoms with Crippen molar-refractivity contribution in [1.82, 2.24) is 15.1 Å². The molecule has 0 unspecified atom stereocenters. The lowest BCUT2D eigenvalue weighted by molar-refractivity contribution is -0.122. The minimum Gasteiger partial charge on any atom is -0.493 e. The molecule has 1 aromatic heterocycles. The lowest BCUT2D eigenvalue weighted by Gasteiger charge is -2.15. The zero-order valence-electron chi connectivity index (χ0n) is 13.3. The molecule has 1 amide bonds. The number of amides is 1. The van der Waals surface area contributed by atoms with Crippen LogP contribution in [0.3, 0.4) is 0 Å². The molecule has 1 aliphatic rings. The van der Waals surface area contributed by atoms with E-state index in [9.17, 15) is 4.79 Å². The molecule has 0 bridgehead atoms. The zero-order chi connectivity index (χ0) is 16.2. The van der Waals surface area contributed by atoms with Crippen LogP contribution in [0.4, 0.5) is 5.82 Å². The maximum absolute atomic E-state index is 12.1. The van der Waals surface area contributed by atoms with Crippen LogP contribution in [0.2, 0.25) is 0 Å². The van der Waals surface area contributed by atoms with Crippen molar-refractivity contribution in [3.63, 3.8) is 0 Å². The Hall–Kier alpha value is -2.50.